The van der Waals surface area contributed by atoms with E-state index in [0.717, 1.165) is 10.9 Å². The third kappa shape index (κ3) is 6.68. The molecule has 1 unspecified atom stereocenters. The number of fused-ring (bicyclic) bond motifs is 2. The summed E-state index contributed by atoms with van der Waals surface area (Å²) in [6.45, 7) is 0.837. The third-order valence-corrected chi connectivity index (χ3v) is 9.16. The first-order valence-electron chi connectivity index (χ1n) is 14.2. The van der Waals surface area contributed by atoms with Crippen LogP contribution in [0, 0.1) is 0 Å². The fourth-order valence-corrected chi connectivity index (χ4v) is 6.70. The lowest BCUT2D eigenvalue weighted by molar-refractivity contribution is -0.146. The summed E-state index contributed by atoms with van der Waals surface area (Å²) in [6.07, 6.45) is -5.18. The summed E-state index contributed by atoms with van der Waals surface area (Å²) in [4.78, 5) is 24.9. The van der Waals surface area contributed by atoms with E-state index in [0.29, 0.717) is 5.39 Å². The van der Waals surface area contributed by atoms with Gasteiger partial charge >= 0.3 is 13.7 Å². The minimum Gasteiger partial charge on any atom is -0.460 e. The molecule has 4 N–H and O–H groups in total. The van der Waals surface area contributed by atoms with Crippen LogP contribution in [0.2, 0.25) is 5.15 Å². The second-order valence-electron chi connectivity index (χ2n) is 10.5. The molecule has 2 aromatic heterocycles. The van der Waals surface area contributed by atoms with Gasteiger partial charge in [-0.1, -0.05) is 78.3 Å². The maximum absolute atomic E-state index is 15.4. The maximum atomic E-state index is 15.4. The molecule has 3 heterocycles. The number of aliphatic hydroxyl groups is 1. The number of halogens is 2. The van der Waals surface area contributed by atoms with Crippen molar-refractivity contribution in [3.05, 3.63) is 89.8 Å². The SMILES string of the molecule is C[C@H](NP(=O)(OC[C@H]1O[C@@H](n2cnc3c(Cl)nc(N)nc32)[C@H](F)[C@@H]1O)Oc1cccc2ccccc12)C(=O)OCc1ccccc1. The number of ether oxygens (including phenoxy) is 2. The van der Waals surface area contributed by atoms with Crippen LogP contribution in [0.1, 0.15) is 18.7 Å². The van der Waals surface area contributed by atoms with Crippen LogP contribution >= 0.6 is 19.3 Å². The van der Waals surface area contributed by atoms with Gasteiger partial charge in [0.1, 0.15) is 36.1 Å². The first-order chi connectivity index (χ1) is 22.1. The molecule has 1 fully saturated rings. The fourth-order valence-electron chi connectivity index (χ4n) is 4.96. The minimum absolute atomic E-state index is 0.00682. The lowest BCUT2D eigenvalue weighted by Crippen LogP contribution is -2.37. The molecule has 1 aliphatic rings. The van der Waals surface area contributed by atoms with E-state index in [1.54, 1.807) is 36.4 Å². The quantitative estimate of drug-likeness (QED) is 0.100. The third-order valence-electron chi connectivity index (χ3n) is 7.27. The molecule has 1 aliphatic heterocycles. The Morgan fingerprint density at radius 3 is 2.70 bits per heavy atom. The first-order valence-corrected chi connectivity index (χ1v) is 16.1. The summed E-state index contributed by atoms with van der Waals surface area (Å²) in [6, 6.07) is 20.3. The summed E-state index contributed by atoms with van der Waals surface area (Å²) in [5, 5.41) is 14.8. The fraction of sp³-hybridized carbons (Fsp3) is 0.267. The Morgan fingerprint density at radius 2 is 1.89 bits per heavy atom. The van der Waals surface area contributed by atoms with Crippen LogP contribution in [0.4, 0.5) is 10.3 Å². The van der Waals surface area contributed by atoms with Crippen LogP contribution in [-0.4, -0.2) is 61.6 Å². The average Bonchev–Trinajstić information content (AvgIpc) is 3.59. The smallest absolute Gasteiger partial charge is 0.459 e. The second kappa shape index (κ2) is 13.3. The van der Waals surface area contributed by atoms with Crippen molar-refractivity contribution < 1.29 is 37.4 Å². The number of aliphatic hydroxyl groups excluding tert-OH is 1. The number of alkyl halides is 1. The number of imidazole rings is 1. The molecule has 6 rings (SSSR count). The van der Waals surface area contributed by atoms with Gasteiger partial charge < -0.3 is 24.8 Å². The normalized spacial score (nSPS) is 21.7. The molecule has 5 aromatic rings. The van der Waals surface area contributed by atoms with Gasteiger partial charge in [0.05, 0.1) is 12.9 Å². The highest BCUT2D eigenvalue weighted by Gasteiger charge is 2.47. The summed E-state index contributed by atoms with van der Waals surface area (Å²) >= 11 is 6.10. The van der Waals surface area contributed by atoms with Gasteiger partial charge in [-0.25, -0.2) is 13.9 Å². The van der Waals surface area contributed by atoms with Gasteiger partial charge in [0, 0.05) is 5.39 Å². The molecule has 240 valence electrons. The van der Waals surface area contributed by atoms with Gasteiger partial charge in [-0.2, -0.15) is 15.1 Å². The van der Waals surface area contributed by atoms with Crippen LogP contribution in [0.25, 0.3) is 21.9 Å². The lowest BCUT2D eigenvalue weighted by Gasteiger charge is -2.25. The Hall–Kier alpha value is -4.17. The van der Waals surface area contributed by atoms with Crippen molar-refractivity contribution in [1.82, 2.24) is 24.6 Å². The average molecular weight is 671 g/mol. The standard InChI is InChI=1S/C30H29ClFN6O7P/c1-17(29(40)42-14-18-8-3-2-4-9-18)37-46(41,45-21-13-7-11-19-10-5-6-12-20(19)21)43-15-22-25(39)23(32)28(44-22)38-16-34-24-26(31)35-30(33)36-27(24)38/h2-13,16-17,22-23,25,28,39H,14-15H2,1H3,(H,37,41)(H2,33,35,36)/t17-,22+,23+,25+,28+,46?/m0/s1. The van der Waals surface area contributed by atoms with Crippen molar-refractivity contribution in [3.8, 4) is 5.75 Å². The maximum Gasteiger partial charge on any atom is 0.459 e. The van der Waals surface area contributed by atoms with Crippen molar-refractivity contribution in [2.45, 2.75) is 44.2 Å². The zero-order chi connectivity index (χ0) is 32.4. The Balaban J connectivity index is 1.21. The number of aromatic nitrogens is 4. The van der Waals surface area contributed by atoms with Crippen LogP contribution in [0.3, 0.4) is 0 Å². The molecule has 0 aliphatic carbocycles. The Kier molecular flexibility index (Phi) is 9.18. The number of carbonyl (C=O) groups excluding carboxylic acids is 1. The van der Waals surface area contributed by atoms with Crippen molar-refractivity contribution in [2.75, 3.05) is 12.3 Å². The van der Waals surface area contributed by atoms with Crippen molar-refractivity contribution in [3.63, 3.8) is 0 Å². The van der Waals surface area contributed by atoms with Gasteiger partial charge in [-0.3, -0.25) is 13.9 Å². The number of nitrogen functional groups attached to an aromatic ring is 1. The summed E-state index contributed by atoms with van der Waals surface area (Å²) < 4.78 is 53.8. The van der Waals surface area contributed by atoms with E-state index >= 15 is 4.39 Å². The van der Waals surface area contributed by atoms with E-state index < -0.39 is 51.0 Å². The van der Waals surface area contributed by atoms with E-state index in [1.165, 1.54) is 17.8 Å². The number of nitrogens with one attached hydrogen (secondary N) is 1. The van der Waals surface area contributed by atoms with Gasteiger partial charge in [0.15, 0.2) is 23.2 Å². The zero-order valence-electron chi connectivity index (χ0n) is 24.3. The van der Waals surface area contributed by atoms with Crippen LogP contribution in [0.5, 0.6) is 5.75 Å². The van der Waals surface area contributed by atoms with Crippen molar-refractivity contribution in [1.29, 1.82) is 0 Å². The molecule has 13 nitrogen and oxygen atoms in total. The molecular formula is C30H29ClFN6O7P. The minimum atomic E-state index is -4.42. The van der Waals surface area contributed by atoms with E-state index in [4.69, 9.17) is 35.9 Å². The molecule has 0 radical (unpaired) electrons. The zero-order valence-corrected chi connectivity index (χ0v) is 25.9. The topological polar surface area (TPSA) is 173 Å². The van der Waals surface area contributed by atoms with E-state index in [1.807, 2.05) is 36.4 Å². The van der Waals surface area contributed by atoms with Crippen molar-refractivity contribution in [2.24, 2.45) is 0 Å². The number of anilines is 1. The van der Waals surface area contributed by atoms with Gasteiger partial charge in [-0.15, -0.1) is 0 Å². The summed E-state index contributed by atoms with van der Waals surface area (Å²) in [5.74, 6) is -0.684. The number of esters is 1. The molecule has 0 spiro atoms. The molecular weight excluding hydrogens is 642 g/mol. The first kappa shape index (κ1) is 31.8. The molecule has 0 saturated carbocycles. The number of nitrogens with two attached hydrogens (primary N) is 1. The molecule has 16 heteroatoms. The number of hydrogen-bond acceptors (Lipinski definition) is 11. The highest BCUT2D eigenvalue weighted by Crippen LogP contribution is 2.48. The van der Waals surface area contributed by atoms with Crippen molar-refractivity contribution >= 4 is 53.2 Å². The Labute approximate surface area is 267 Å². The Morgan fingerprint density at radius 1 is 1.15 bits per heavy atom. The highest BCUT2D eigenvalue weighted by atomic mass is 35.5. The number of rotatable bonds is 11. The van der Waals surface area contributed by atoms with E-state index in [-0.39, 0.29) is 34.6 Å². The van der Waals surface area contributed by atoms with Gasteiger partial charge in [-0.05, 0) is 23.9 Å². The largest absolute Gasteiger partial charge is 0.460 e. The second-order valence-corrected chi connectivity index (χ2v) is 12.6. The highest BCUT2D eigenvalue weighted by molar-refractivity contribution is 7.52. The van der Waals surface area contributed by atoms with Gasteiger partial charge in [0.25, 0.3) is 0 Å². The number of nitrogens with zero attached hydrogens (tertiary/aromatic N) is 4. The van der Waals surface area contributed by atoms with E-state index in [2.05, 4.69) is 20.0 Å². The Bertz CT molecular complexity index is 1910. The molecule has 1 saturated heterocycles. The number of benzene rings is 3. The van der Waals surface area contributed by atoms with Crippen LogP contribution in [-0.2, 0) is 30.0 Å². The summed E-state index contributed by atoms with van der Waals surface area (Å²) in [5.41, 5.74) is 6.72. The van der Waals surface area contributed by atoms with Crippen LogP contribution < -0.4 is 15.3 Å². The predicted molar refractivity (Wildman–Crippen MR) is 167 cm³/mol. The molecule has 0 bridgehead atoms. The van der Waals surface area contributed by atoms with E-state index in [9.17, 15) is 14.5 Å². The molecule has 6 atom stereocenters. The molecule has 46 heavy (non-hydrogen) atoms. The van der Waals surface area contributed by atoms with Crippen LogP contribution in [0.15, 0.2) is 79.1 Å². The number of hydrogen-bond donors (Lipinski definition) is 3. The lowest BCUT2D eigenvalue weighted by atomic mass is 10.1. The van der Waals surface area contributed by atoms with Gasteiger partial charge in [0.2, 0.25) is 5.95 Å². The number of carbonyl (C=O) groups is 1. The molecule has 3 aromatic carbocycles. The molecule has 0 amide bonds. The predicted octanol–water partition coefficient (Wildman–Crippen LogP) is 4.74. The summed E-state index contributed by atoms with van der Waals surface area (Å²) in [7, 11) is -4.42. The monoisotopic (exact) mass is 670 g/mol.